The zero-order valence-corrected chi connectivity index (χ0v) is 9.95. The number of halogens is 1. The number of fused-ring (bicyclic) bond motifs is 3. The molecule has 2 aliphatic rings. The summed E-state index contributed by atoms with van der Waals surface area (Å²) in [4.78, 5) is 2.29. The molecule has 0 spiro atoms. The molecule has 3 rings (SSSR count). The van der Waals surface area contributed by atoms with Gasteiger partial charge in [0.25, 0.3) is 0 Å². The van der Waals surface area contributed by atoms with Crippen LogP contribution in [0.3, 0.4) is 0 Å². The molecule has 17 heavy (non-hydrogen) atoms. The Morgan fingerprint density at radius 1 is 1.41 bits per heavy atom. The van der Waals surface area contributed by atoms with Crippen molar-refractivity contribution in [1.82, 2.24) is 4.90 Å². The van der Waals surface area contributed by atoms with Gasteiger partial charge in [-0.25, -0.2) is 4.39 Å². The molecule has 0 radical (unpaired) electrons. The van der Waals surface area contributed by atoms with Crippen molar-refractivity contribution in [3.8, 4) is 5.75 Å². The second-order valence-electron chi connectivity index (χ2n) is 4.83. The van der Waals surface area contributed by atoms with Crippen LogP contribution < -0.4 is 10.5 Å². The molecule has 1 saturated heterocycles. The fourth-order valence-corrected chi connectivity index (χ4v) is 3.17. The van der Waals surface area contributed by atoms with E-state index in [0.29, 0.717) is 0 Å². The molecule has 2 atom stereocenters. The number of hydrogen-bond acceptors (Lipinski definition) is 3. The number of ether oxygens (including phenoxy) is 1. The minimum Gasteiger partial charge on any atom is -0.496 e. The van der Waals surface area contributed by atoms with Crippen LogP contribution >= 0.6 is 0 Å². The van der Waals surface area contributed by atoms with Gasteiger partial charge in [-0.05, 0) is 25.0 Å². The number of rotatable bonds is 1. The molecule has 2 unspecified atom stereocenters. The van der Waals surface area contributed by atoms with Gasteiger partial charge in [-0.2, -0.15) is 0 Å². The molecule has 1 aromatic rings. The maximum Gasteiger partial charge on any atom is 0.128 e. The van der Waals surface area contributed by atoms with Gasteiger partial charge in [0.15, 0.2) is 0 Å². The van der Waals surface area contributed by atoms with Crippen LogP contribution in [-0.4, -0.2) is 31.1 Å². The fourth-order valence-electron chi connectivity index (χ4n) is 3.17. The summed E-state index contributed by atoms with van der Waals surface area (Å²) in [5.41, 5.74) is 7.89. The molecule has 2 aliphatic heterocycles. The molecule has 2 N–H and O–H groups in total. The molecule has 4 heteroatoms. The first-order chi connectivity index (χ1) is 8.22. The second-order valence-corrected chi connectivity index (χ2v) is 4.83. The zero-order chi connectivity index (χ0) is 12.0. The lowest BCUT2D eigenvalue weighted by atomic mass is 9.89. The summed E-state index contributed by atoms with van der Waals surface area (Å²) in [7, 11) is 1.63. The minimum atomic E-state index is -0.146. The maximum absolute atomic E-state index is 14.1. The summed E-state index contributed by atoms with van der Waals surface area (Å²) >= 11 is 0. The minimum absolute atomic E-state index is 0.0360. The molecule has 1 fully saturated rings. The third-order valence-electron chi connectivity index (χ3n) is 3.97. The van der Waals surface area contributed by atoms with Gasteiger partial charge in [-0.1, -0.05) is 0 Å². The first-order valence-corrected chi connectivity index (χ1v) is 6.07. The summed E-state index contributed by atoms with van der Waals surface area (Å²) in [5.74, 6) is 0.646. The van der Waals surface area contributed by atoms with Crippen LogP contribution in [-0.2, 0) is 6.42 Å². The fraction of sp³-hybridized carbons (Fsp3) is 0.538. The molecular formula is C13H17FN2O. The van der Waals surface area contributed by atoms with Crippen LogP contribution in [0.5, 0.6) is 5.75 Å². The summed E-state index contributed by atoms with van der Waals surface area (Å²) in [6.07, 6.45) is 1.79. The van der Waals surface area contributed by atoms with Crippen LogP contribution in [0.1, 0.15) is 23.6 Å². The van der Waals surface area contributed by atoms with E-state index >= 15 is 0 Å². The van der Waals surface area contributed by atoms with Gasteiger partial charge >= 0.3 is 0 Å². The van der Waals surface area contributed by atoms with Crippen molar-refractivity contribution in [2.24, 2.45) is 5.73 Å². The van der Waals surface area contributed by atoms with Crippen molar-refractivity contribution in [1.29, 1.82) is 0 Å². The van der Waals surface area contributed by atoms with Crippen LogP contribution in [0.25, 0.3) is 0 Å². The van der Waals surface area contributed by atoms with Gasteiger partial charge in [0.05, 0.1) is 13.2 Å². The van der Waals surface area contributed by atoms with Crippen molar-refractivity contribution in [3.05, 3.63) is 29.1 Å². The summed E-state index contributed by atoms with van der Waals surface area (Å²) in [5, 5.41) is 0. The maximum atomic E-state index is 14.1. The molecule has 1 aromatic carbocycles. The van der Waals surface area contributed by atoms with Crippen LogP contribution in [0.15, 0.2) is 12.1 Å². The van der Waals surface area contributed by atoms with Crippen LogP contribution in [0.2, 0.25) is 0 Å². The number of nitrogens with zero attached hydrogens (tertiary/aromatic N) is 1. The quantitative estimate of drug-likeness (QED) is 0.802. The standard InChI is InChI=1S/C13H17FN2O/c1-17-11-3-2-9(14)12-8(11)4-6-16-7-5-10(15)13(12)16/h2-3,10,13H,4-7,15H2,1H3. The smallest absolute Gasteiger partial charge is 0.128 e. The summed E-state index contributed by atoms with van der Waals surface area (Å²) < 4.78 is 19.4. The van der Waals surface area contributed by atoms with Gasteiger partial charge in [0.1, 0.15) is 11.6 Å². The van der Waals surface area contributed by atoms with E-state index in [-0.39, 0.29) is 17.9 Å². The topological polar surface area (TPSA) is 38.5 Å². The normalized spacial score (nSPS) is 27.7. The number of methoxy groups -OCH3 is 1. The highest BCUT2D eigenvalue weighted by Gasteiger charge is 2.39. The Hall–Kier alpha value is -1.13. The summed E-state index contributed by atoms with van der Waals surface area (Å²) in [6, 6.07) is 3.28. The lowest BCUT2D eigenvalue weighted by molar-refractivity contribution is 0.225. The van der Waals surface area contributed by atoms with E-state index in [2.05, 4.69) is 4.90 Å². The van der Waals surface area contributed by atoms with Gasteiger partial charge in [0, 0.05) is 30.3 Å². The van der Waals surface area contributed by atoms with Gasteiger partial charge < -0.3 is 10.5 Å². The number of benzene rings is 1. The third kappa shape index (κ3) is 1.55. The number of hydrogen-bond donors (Lipinski definition) is 1. The Bertz CT molecular complexity index is 449. The molecule has 92 valence electrons. The average Bonchev–Trinajstić information content (AvgIpc) is 2.72. The van der Waals surface area contributed by atoms with E-state index in [1.54, 1.807) is 13.2 Å². The molecule has 3 nitrogen and oxygen atoms in total. The Morgan fingerprint density at radius 3 is 3.00 bits per heavy atom. The molecule has 0 bridgehead atoms. The molecular weight excluding hydrogens is 219 g/mol. The van der Waals surface area contributed by atoms with Crippen molar-refractivity contribution in [3.63, 3.8) is 0 Å². The molecule has 2 heterocycles. The molecule has 0 amide bonds. The Labute approximate surface area is 100 Å². The Balaban J connectivity index is 2.15. The predicted molar refractivity (Wildman–Crippen MR) is 63.6 cm³/mol. The lowest BCUT2D eigenvalue weighted by Crippen LogP contribution is -2.38. The van der Waals surface area contributed by atoms with E-state index < -0.39 is 0 Å². The highest BCUT2D eigenvalue weighted by atomic mass is 19.1. The second kappa shape index (κ2) is 3.96. The Morgan fingerprint density at radius 2 is 2.24 bits per heavy atom. The van der Waals surface area contributed by atoms with Gasteiger partial charge in [0.2, 0.25) is 0 Å². The van der Waals surface area contributed by atoms with Crippen LogP contribution in [0, 0.1) is 5.82 Å². The van der Waals surface area contributed by atoms with E-state index in [0.717, 1.165) is 42.8 Å². The highest BCUT2D eigenvalue weighted by molar-refractivity contribution is 5.45. The SMILES string of the molecule is COc1ccc(F)c2c1CCN1CCC(N)C21. The Kier molecular flexibility index (Phi) is 2.56. The van der Waals surface area contributed by atoms with Crippen LogP contribution in [0.4, 0.5) is 4.39 Å². The monoisotopic (exact) mass is 236 g/mol. The average molecular weight is 236 g/mol. The van der Waals surface area contributed by atoms with Gasteiger partial charge in [-0.15, -0.1) is 0 Å². The number of nitrogens with two attached hydrogens (primary N) is 1. The zero-order valence-electron chi connectivity index (χ0n) is 9.95. The molecule has 0 saturated carbocycles. The summed E-state index contributed by atoms with van der Waals surface area (Å²) in [6.45, 7) is 1.92. The van der Waals surface area contributed by atoms with E-state index in [1.807, 2.05) is 0 Å². The van der Waals surface area contributed by atoms with Gasteiger partial charge in [-0.3, -0.25) is 4.90 Å². The largest absolute Gasteiger partial charge is 0.496 e. The predicted octanol–water partition coefficient (Wildman–Crippen LogP) is 1.46. The highest BCUT2D eigenvalue weighted by Crippen LogP contribution is 2.41. The molecule has 0 aromatic heterocycles. The van der Waals surface area contributed by atoms with E-state index in [9.17, 15) is 4.39 Å². The van der Waals surface area contributed by atoms with Crippen molar-refractivity contribution in [2.75, 3.05) is 20.2 Å². The van der Waals surface area contributed by atoms with E-state index in [1.165, 1.54) is 6.07 Å². The van der Waals surface area contributed by atoms with E-state index in [4.69, 9.17) is 10.5 Å². The first kappa shape index (κ1) is 11.0. The van der Waals surface area contributed by atoms with Crippen molar-refractivity contribution >= 4 is 0 Å². The molecule has 0 aliphatic carbocycles. The first-order valence-electron chi connectivity index (χ1n) is 6.07. The van der Waals surface area contributed by atoms with Crippen molar-refractivity contribution in [2.45, 2.75) is 24.9 Å². The lowest BCUT2D eigenvalue weighted by Gasteiger charge is -2.34. The third-order valence-corrected chi connectivity index (χ3v) is 3.97. The van der Waals surface area contributed by atoms with Crippen molar-refractivity contribution < 1.29 is 9.13 Å².